The molecule has 116 valence electrons. The highest BCUT2D eigenvalue weighted by molar-refractivity contribution is 7.10. The summed E-state index contributed by atoms with van der Waals surface area (Å²) in [4.78, 5) is 19.4. The van der Waals surface area contributed by atoms with Crippen molar-refractivity contribution in [2.24, 2.45) is 0 Å². The topological polar surface area (TPSA) is 51.0 Å². The van der Waals surface area contributed by atoms with Gasteiger partial charge in [-0.2, -0.15) is 5.10 Å². The number of carbonyl (C=O) groups excluding carboxylic acids is 1. The Morgan fingerprint density at radius 1 is 1.32 bits per heavy atom. The van der Waals surface area contributed by atoms with Crippen LogP contribution in [0.4, 0.5) is 0 Å². The summed E-state index contributed by atoms with van der Waals surface area (Å²) < 4.78 is 1.92. The maximum atomic E-state index is 12.8. The predicted molar refractivity (Wildman–Crippen MR) is 85.0 cm³/mol. The number of hydrogen-bond donors (Lipinski definition) is 0. The summed E-state index contributed by atoms with van der Waals surface area (Å²) in [5.41, 5.74) is 0.638. The average Bonchev–Trinajstić information content (AvgIpc) is 3.06. The lowest BCUT2D eigenvalue weighted by Crippen LogP contribution is -2.46. The number of likely N-dealkylation sites (tertiary alicyclic amines) is 1. The third-order valence-electron chi connectivity index (χ3n) is 4.51. The van der Waals surface area contributed by atoms with Gasteiger partial charge in [-0.25, -0.2) is 4.98 Å². The number of aromatic nitrogens is 3. The van der Waals surface area contributed by atoms with Gasteiger partial charge in [0.15, 0.2) is 0 Å². The van der Waals surface area contributed by atoms with E-state index in [1.807, 2.05) is 27.2 Å². The Kier molecular flexibility index (Phi) is 3.70. The second-order valence-corrected chi connectivity index (χ2v) is 7.11. The third kappa shape index (κ3) is 2.79. The van der Waals surface area contributed by atoms with Crippen LogP contribution in [0.1, 0.15) is 53.5 Å². The number of hydrogen-bond acceptors (Lipinski definition) is 4. The van der Waals surface area contributed by atoms with Gasteiger partial charge in [-0.1, -0.05) is 0 Å². The molecule has 1 amide bonds. The fraction of sp³-hybridized carbons (Fsp3) is 0.562. The highest BCUT2D eigenvalue weighted by Gasteiger charge is 2.31. The zero-order chi connectivity index (χ0) is 14.9. The molecule has 22 heavy (non-hydrogen) atoms. The van der Waals surface area contributed by atoms with Crippen LogP contribution in [0.25, 0.3) is 0 Å². The minimum Gasteiger partial charge on any atom is -0.332 e. The molecule has 5 nitrogen and oxygen atoms in total. The maximum absolute atomic E-state index is 12.8. The van der Waals surface area contributed by atoms with Gasteiger partial charge in [-0.05, 0) is 38.2 Å². The van der Waals surface area contributed by atoms with Crippen LogP contribution in [-0.4, -0.2) is 38.2 Å². The molecule has 6 heteroatoms. The molecule has 1 atom stereocenters. The molecule has 3 heterocycles. The summed E-state index contributed by atoms with van der Waals surface area (Å²) in [6, 6.07) is 2.16. The van der Waals surface area contributed by atoms with Crippen molar-refractivity contribution >= 4 is 17.2 Å². The Morgan fingerprint density at radius 3 is 3.00 bits per heavy atom. The van der Waals surface area contributed by atoms with Crippen molar-refractivity contribution in [2.75, 3.05) is 6.54 Å². The number of carbonyl (C=O) groups is 1. The van der Waals surface area contributed by atoms with Gasteiger partial charge in [0, 0.05) is 30.2 Å². The van der Waals surface area contributed by atoms with Gasteiger partial charge in [-0.15, -0.1) is 11.3 Å². The van der Waals surface area contributed by atoms with Crippen molar-refractivity contribution in [3.8, 4) is 0 Å². The molecule has 2 aliphatic rings. The van der Waals surface area contributed by atoms with E-state index in [1.54, 1.807) is 17.5 Å². The molecule has 0 aromatic carbocycles. The summed E-state index contributed by atoms with van der Waals surface area (Å²) >= 11 is 1.64. The lowest BCUT2D eigenvalue weighted by atomic mass is 10.0. The first-order chi connectivity index (χ1) is 10.8. The van der Waals surface area contributed by atoms with Gasteiger partial charge in [0.2, 0.25) is 0 Å². The lowest BCUT2D eigenvalue weighted by Gasteiger charge is -2.35. The Bertz CT molecular complexity index is 647. The summed E-state index contributed by atoms with van der Waals surface area (Å²) in [5.74, 6) is 0.716. The molecule has 0 bridgehead atoms. The van der Waals surface area contributed by atoms with Crippen molar-refractivity contribution < 1.29 is 4.79 Å². The van der Waals surface area contributed by atoms with E-state index in [-0.39, 0.29) is 11.9 Å². The van der Waals surface area contributed by atoms with Crippen LogP contribution in [0.5, 0.6) is 0 Å². The Labute approximate surface area is 134 Å². The summed E-state index contributed by atoms with van der Waals surface area (Å²) in [7, 11) is 0. The van der Waals surface area contributed by atoms with Crippen molar-refractivity contribution in [1.29, 1.82) is 0 Å². The first-order valence-electron chi connectivity index (χ1n) is 8.05. The molecular formula is C16H20N4OS. The molecule has 1 saturated carbocycles. The van der Waals surface area contributed by atoms with Gasteiger partial charge in [0.25, 0.3) is 5.91 Å². The Balaban J connectivity index is 1.50. The van der Waals surface area contributed by atoms with E-state index < -0.39 is 0 Å². The van der Waals surface area contributed by atoms with Gasteiger partial charge in [0.05, 0.1) is 17.6 Å². The van der Waals surface area contributed by atoms with Crippen LogP contribution in [0.3, 0.4) is 0 Å². The van der Waals surface area contributed by atoms with Crippen LogP contribution in [0.2, 0.25) is 0 Å². The fourth-order valence-corrected chi connectivity index (χ4v) is 4.10. The molecule has 2 fully saturated rings. The lowest BCUT2D eigenvalue weighted by molar-refractivity contribution is 0.0578. The van der Waals surface area contributed by atoms with Crippen LogP contribution < -0.4 is 0 Å². The van der Waals surface area contributed by atoms with E-state index in [4.69, 9.17) is 0 Å². The molecule has 1 saturated heterocycles. The van der Waals surface area contributed by atoms with E-state index >= 15 is 0 Å². The minimum atomic E-state index is 0.0972. The smallest absolute Gasteiger partial charge is 0.273 e. The summed E-state index contributed by atoms with van der Waals surface area (Å²) in [6.45, 7) is 1.61. The molecule has 0 N–H and O–H groups in total. The van der Waals surface area contributed by atoms with Crippen LogP contribution in [0, 0.1) is 0 Å². The number of piperidine rings is 1. The minimum absolute atomic E-state index is 0.0972. The molecule has 1 aliphatic carbocycles. The first kappa shape index (κ1) is 13.9. The molecule has 2 aromatic rings. The maximum Gasteiger partial charge on any atom is 0.273 e. The van der Waals surface area contributed by atoms with Crippen molar-refractivity contribution in [1.82, 2.24) is 19.7 Å². The number of thiazole rings is 1. The fourth-order valence-electron chi connectivity index (χ4n) is 3.13. The second-order valence-electron chi connectivity index (χ2n) is 6.22. The third-order valence-corrected chi connectivity index (χ3v) is 5.52. The molecule has 0 radical (unpaired) electrons. The van der Waals surface area contributed by atoms with Gasteiger partial charge < -0.3 is 4.90 Å². The second kappa shape index (κ2) is 5.83. The van der Waals surface area contributed by atoms with Gasteiger partial charge in [-0.3, -0.25) is 9.48 Å². The normalized spacial score (nSPS) is 22.0. The number of rotatable bonds is 4. The molecular weight excluding hydrogens is 296 g/mol. The predicted octanol–water partition coefficient (Wildman–Crippen LogP) is 2.91. The van der Waals surface area contributed by atoms with E-state index in [9.17, 15) is 4.79 Å². The molecule has 2 aromatic heterocycles. The summed E-state index contributed by atoms with van der Waals surface area (Å²) in [6.07, 6.45) is 9.52. The number of amides is 1. The SMILES string of the molecule is O=C(c1csc(C2CC2)n1)N1CCCC[C@H]1Cn1cccn1. The Morgan fingerprint density at radius 2 is 2.23 bits per heavy atom. The largest absolute Gasteiger partial charge is 0.332 e. The van der Waals surface area contributed by atoms with Gasteiger partial charge in [0.1, 0.15) is 5.69 Å². The van der Waals surface area contributed by atoms with E-state index in [0.717, 1.165) is 30.9 Å². The van der Waals surface area contributed by atoms with E-state index in [2.05, 4.69) is 10.1 Å². The van der Waals surface area contributed by atoms with Crippen LogP contribution >= 0.6 is 11.3 Å². The van der Waals surface area contributed by atoms with Crippen LogP contribution in [-0.2, 0) is 6.54 Å². The summed E-state index contributed by atoms with van der Waals surface area (Å²) in [5, 5.41) is 7.36. The zero-order valence-electron chi connectivity index (χ0n) is 12.5. The quantitative estimate of drug-likeness (QED) is 0.871. The highest BCUT2D eigenvalue weighted by atomic mass is 32.1. The van der Waals surface area contributed by atoms with Crippen molar-refractivity contribution in [3.05, 3.63) is 34.5 Å². The van der Waals surface area contributed by atoms with E-state index in [0.29, 0.717) is 11.6 Å². The zero-order valence-corrected chi connectivity index (χ0v) is 13.3. The molecule has 1 aliphatic heterocycles. The van der Waals surface area contributed by atoms with E-state index in [1.165, 1.54) is 19.3 Å². The first-order valence-corrected chi connectivity index (χ1v) is 8.93. The van der Waals surface area contributed by atoms with Crippen LogP contribution in [0.15, 0.2) is 23.8 Å². The number of nitrogens with zero attached hydrogens (tertiary/aromatic N) is 4. The highest BCUT2D eigenvalue weighted by Crippen LogP contribution is 2.41. The van der Waals surface area contributed by atoms with Crippen molar-refractivity contribution in [2.45, 2.75) is 50.6 Å². The monoisotopic (exact) mass is 316 g/mol. The average molecular weight is 316 g/mol. The molecule has 0 spiro atoms. The standard InChI is InChI=1S/C16H20N4OS/c21-16(14-11-22-15(18-14)12-5-6-12)20-9-2-1-4-13(20)10-19-8-3-7-17-19/h3,7-8,11-13H,1-2,4-6,9-10H2/t13-/m0/s1. The molecule has 0 unspecified atom stereocenters. The van der Waals surface area contributed by atoms with Crippen molar-refractivity contribution in [3.63, 3.8) is 0 Å². The molecule has 4 rings (SSSR count). The van der Waals surface area contributed by atoms with Gasteiger partial charge >= 0.3 is 0 Å². The Hall–Kier alpha value is -1.69.